The Bertz CT molecular complexity index is 1000. The van der Waals surface area contributed by atoms with Gasteiger partial charge in [-0.05, 0) is 30.3 Å². The predicted molar refractivity (Wildman–Crippen MR) is 112 cm³/mol. The van der Waals surface area contributed by atoms with Crippen molar-refractivity contribution in [2.75, 3.05) is 37.0 Å². The summed E-state index contributed by atoms with van der Waals surface area (Å²) in [5.41, 5.74) is 1.05. The van der Waals surface area contributed by atoms with Crippen LogP contribution in [0, 0.1) is 5.82 Å². The van der Waals surface area contributed by atoms with Gasteiger partial charge < -0.3 is 24.9 Å². The Morgan fingerprint density at radius 1 is 1.35 bits per heavy atom. The Balaban J connectivity index is 0.00000289. The van der Waals surface area contributed by atoms with Crippen LogP contribution in [0.1, 0.15) is 0 Å². The molecular formula is C18H21FN7Na2O5P. The normalized spacial score (nSPS) is 15.5. The Morgan fingerprint density at radius 2 is 2.06 bits per heavy atom. The molecule has 1 aromatic heterocycles. The summed E-state index contributed by atoms with van der Waals surface area (Å²) in [4.78, 5) is 40.2. The van der Waals surface area contributed by atoms with Crippen LogP contribution in [0.5, 0.6) is 0 Å². The molecule has 1 aromatic carbocycles. The van der Waals surface area contributed by atoms with Crippen LogP contribution in [0.15, 0.2) is 41.6 Å². The molecule has 0 radical (unpaired) electrons. The van der Waals surface area contributed by atoms with E-state index in [0.717, 1.165) is 0 Å². The molecule has 0 bridgehead atoms. The maximum absolute atomic E-state index is 14.8. The Morgan fingerprint density at radius 3 is 2.59 bits per heavy atom. The number of aromatic nitrogens is 1. The van der Waals surface area contributed by atoms with Gasteiger partial charge in [0.2, 0.25) is 5.96 Å². The fourth-order valence-electron chi connectivity index (χ4n) is 3.13. The predicted octanol–water partition coefficient (Wildman–Crippen LogP) is -6.34. The minimum Gasteiger partial charge on any atom is -0.820 e. The number of benzene rings is 1. The van der Waals surface area contributed by atoms with Crippen molar-refractivity contribution in [1.29, 1.82) is 0 Å². The molecule has 0 spiro atoms. The van der Waals surface area contributed by atoms with Crippen molar-refractivity contribution < 1.29 is 87.3 Å². The number of carbonyl (C=O) groups excluding carboxylic acids is 1. The van der Waals surface area contributed by atoms with Gasteiger partial charge in [0.05, 0.1) is 18.8 Å². The number of nitrogens with zero attached hydrogens (tertiary/aromatic N) is 5. The SMILES string of the molecule is CN(N)/C(=N\N)N(C)c1ccc(-c2ccc(N3C[C@H](COP([O-])[O-])OC3=O)cc2F)cn1.[Na+].[Na+]. The molecule has 2 heterocycles. The number of anilines is 2. The van der Waals surface area contributed by atoms with E-state index in [4.69, 9.17) is 16.4 Å². The summed E-state index contributed by atoms with van der Waals surface area (Å²) in [5.74, 6) is 11.2. The van der Waals surface area contributed by atoms with Crippen molar-refractivity contribution in [3.05, 3.63) is 42.3 Å². The largest absolute Gasteiger partial charge is 1.00 e. The second-order valence-electron chi connectivity index (χ2n) is 6.80. The molecular weight excluding hydrogens is 490 g/mol. The number of nitrogens with two attached hydrogens (primary N) is 2. The Kier molecular flexibility index (Phi) is 12.6. The maximum Gasteiger partial charge on any atom is 1.00 e. The summed E-state index contributed by atoms with van der Waals surface area (Å²) in [6, 6.07) is 7.58. The van der Waals surface area contributed by atoms with Crippen LogP contribution in [-0.4, -0.2) is 55.4 Å². The molecule has 0 unspecified atom stereocenters. The quantitative estimate of drug-likeness (QED) is 0.0950. The minimum absolute atomic E-state index is 0. The summed E-state index contributed by atoms with van der Waals surface area (Å²) < 4.78 is 24.3. The van der Waals surface area contributed by atoms with Crippen LogP contribution in [0.25, 0.3) is 11.1 Å². The summed E-state index contributed by atoms with van der Waals surface area (Å²) in [5, 5.41) is 4.83. The van der Waals surface area contributed by atoms with Crippen LogP contribution >= 0.6 is 8.60 Å². The monoisotopic (exact) mass is 511 g/mol. The van der Waals surface area contributed by atoms with Crippen molar-refractivity contribution >= 4 is 32.2 Å². The fourth-order valence-corrected chi connectivity index (χ4v) is 3.42. The zero-order chi connectivity index (χ0) is 23.4. The summed E-state index contributed by atoms with van der Waals surface area (Å²) in [7, 11) is 0.200. The van der Waals surface area contributed by atoms with Gasteiger partial charge in [-0.2, -0.15) is 8.60 Å². The van der Waals surface area contributed by atoms with Gasteiger partial charge in [0.25, 0.3) is 0 Å². The van der Waals surface area contributed by atoms with Gasteiger partial charge in [0.1, 0.15) is 17.7 Å². The first-order valence-electron chi connectivity index (χ1n) is 9.22. The number of rotatable bonds is 6. The number of hydrogen-bond acceptors (Lipinski definition) is 9. The molecule has 172 valence electrons. The molecule has 12 nitrogen and oxygen atoms in total. The number of carbonyl (C=O) groups is 1. The van der Waals surface area contributed by atoms with Crippen LogP contribution in [0.3, 0.4) is 0 Å². The topological polar surface area (TPSA) is 169 Å². The summed E-state index contributed by atoms with van der Waals surface area (Å²) >= 11 is 0. The van der Waals surface area contributed by atoms with Gasteiger partial charge in [-0.3, -0.25) is 14.8 Å². The second kappa shape index (κ2) is 13.9. The van der Waals surface area contributed by atoms with Crippen LogP contribution in [0.4, 0.5) is 20.7 Å². The average Bonchev–Trinajstić information content (AvgIpc) is 3.13. The van der Waals surface area contributed by atoms with Crippen molar-refractivity contribution in [2.24, 2.45) is 16.8 Å². The number of guanidine groups is 1. The fraction of sp³-hybridized carbons (Fsp3) is 0.278. The van der Waals surface area contributed by atoms with Crippen molar-refractivity contribution in [1.82, 2.24) is 9.99 Å². The Hall–Kier alpha value is -1.09. The van der Waals surface area contributed by atoms with E-state index < -0.39 is 26.6 Å². The van der Waals surface area contributed by atoms with E-state index in [1.807, 2.05) is 0 Å². The first-order chi connectivity index (χ1) is 15.2. The molecule has 1 amide bonds. The number of pyridine rings is 1. The summed E-state index contributed by atoms with van der Waals surface area (Å²) in [6.45, 7) is -0.269. The first-order valence-corrected chi connectivity index (χ1v) is 10.3. The van der Waals surface area contributed by atoms with E-state index in [1.165, 1.54) is 28.2 Å². The maximum atomic E-state index is 14.8. The van der Waals surface area contributed by atoms with Gasteiger partial charge in [-0.25, -0.2) is 20.0 Å². The number of hydrazine groups is 1. The zero-order valence-electron chi connectivity index (χ0n) is 19.2. The molecule has 0 aliphatic carbocycles. The van der Waals surface area contributed by atoms with E-state index >= 15 is 0 Å². The number of halogens is 1. The summed E-state index contributed by atoms with van der Waals surface area (Å²) in [6.07, 6.45) is -0.0135. The zero-order valence-corrected chi connectivity index (χ0v) is 24.1. The van der Waals surface area contributed by atoms with Crippen molar-refractivity contribution in [3.8, 4) is 11.1 Å². The van der Waals surface area contributed by atoms with Crippen molar-refractivity contribution in [2.45, 2.75) is 6.10 Å². The number of hydrogen-bond donors (Lipinski definition) is 2. The van der Waals surface area contributed by atoms with E-state index in [-0.39, 0.29) is 89.5 Å². The third-order valence-corrected chi connectivity index (χ3v) is 5.00. The number of hydrazone groups is 1. The van der Waals surface area contributed by atoms with E-state index in [0.29, 0.717) is 11.4 Å². The molecule has 1 aliphatic rings. The van der Waals surface area contributed by atoms with Gasteiger partial charge in [-0.15, -0.1) is 5.10 Å². The van der Waals surface area contributed by atoms with Gasteiger partial charge in [-0.1, -0.05) is 0 Å². The number of amides is 1. The van der Waals surface area contributed by atoms with Crippen LogP contribution < -0.4 is 90.4 Å². The molecule has 0 saturated carbocycles. The molecule has 2 aromatic rings. The van der Waals surface area contributed by atoms with Crippen LogP contribution in [-0.2, 0) is 9.26 Å². The number of ether oxygens (including phenoxy) is 1. The molecule has 3 rings (SSSR count). The number of cyclic esters (lactones) is 1. The van der Waals surface area contributed by atoms with E-state index in [2.05, 4.69) is 14.6 Å². The standard InChI is InChI=1S/C18H21FN7O5P.2Na/c1-24(17(23-20)25(2)21)16-6-3-11(8-22-16)14-5-4-12(7-15(14)19)26-9-13(31-18(26)27)10-30-32(28)29;;/h3-8,13H,9-10,20-21H2,1-2H3;;/q-2;2*+1/b23-17-;;/t13-;;/m1../s1. The molecule has 1 fully saturated rings. The molecule has 1 saturated heterocycles. The van der Waals surface area contributed by atoms with E-state index in [9.17, 15) is 19.0 Å². The first kappa shape index (κ1) is 30.9. The molecule has 34 heavy (non-hydrogen) atoms. The molecule has 1 aliphatic heterocycles. The average molecular weight is 511 g/mol. The second-order valence-corrected chi connectivity index (χ2v) is 7.51. The van der Waals surface area contributed by atoms with Gasteiger partial charge in [0.15, 0.2) is 0 Å². The van der Waals surface area contributed by atoms with Crippen molar-refractivity contribution in [3.63, 3.8) is 0 Å². The molecule has 4 N–H and O–H groups in total. The molecule has 16 heteroatoms. The molecule has 1 atom stereocenters. The van der Waals surface area contributed by atoms with Gasteiger partial charge in [0, 0.05) is 31.4 Å². The third-order valence-electron chi connectivity index (χ3n) is 4.64. The van der Waals surface area contributed by atoms with E-state index in [1.54, 1.807) is 37.2 Å². The van der Waals surface area contributed by atoms with Gasteiger partial charge >= 0.3 is 65.2 Å². The third kappa shape index (κ3) is 7.45. The Labute approximate surface area is 241 Å². The minimum atomic E-state index is -3.05. The smallest absolute Gasteiger partial charge is 0.820 e. The van der Waals surface area contributed by atoms with Crippen LogP contribution in [0.2, 0.25) is 0 Å².